The lowest BCUT2D eigenvalue weighted by atomic mass is 10.1. The highest BCUT2D eigenvalue weighted by molar-refractivity contribution is 5.73. The van der Waals surface area contributed by atoms with Crippen LogP contribution in [-0.2, 0) is 30.8 Å². The van der Waals surface area contributed by atoms with Crippen LogP contribution >= 0.6 is 0 Å². The van der Waals surface area contributed by atoms with E-state index in [9.17, 15) is 4.79 Å². The largest absolute Gasteiger partial charge is 0.368 e. The van der Waals surface area contributed by atoms with Crippen LogP contribution in [0.5, 0.6) is 0 Å². The number of rotatable bonds is 5. The highest BCUT2D eigenvalue weighted by Crippen LogP contribution is 2.20. The standard InChI is InChI=1S/C15H21N7O/c1-10(2)15-17-5-11-6-21(4-3-13(11)18-15)7-12-8-22(20-19-12)9-14(16)23/h5,8,10H,3-4,6-7,9H2,1-2H3,(H2,16,23). The average Bonchev–Trinajstić information content (AvgIpc) is 2.92. The second-order valence-electron chi connectivity index (χ2n) is 6.19. The number of hydrogen-bond donors (Lipinski definition) is 1. The van der Waals surface area contributed by atoms with Gasteiger partial charge in [-0.3, -0.25) is 9.69 Å². The first kappa shape index (κ1) is 15.5. The minimum absolute atomic E-state index is 0.0572. The number of nitrogens with two attached hydrogens (primary N) is 1. The molecule has 23 heavy (non-hydrogen) atoms. The number of carbonyl (C=O) groups excluding carboxylic acids is 1. The molecule has 0 bridgehead atoms. The SMILES string of the molecule is CC(C)c1ncc2c(n1)CCN(Cc1cn(CC(N)=O)nn1)C2. The van der Waals surface area contributed by atoms with Gasteiger partial charge in [0, 0.05) is 49.4 Å². The lowest BCUT2D eigenvalue weighted by molar-refractivity contribution is -0.118. The van der Waals surface area contributed by atoms with Gasteiger partial charge in [0.2, 0.25) is 5.91 Å². The maximum Gasteiger partial charge on any atom is 0.239 e. The molecule has 2 aromatic rings. The van der Waals surface area contributed by atoms with E-state index in [1.807, 2.05) is 6.20 Å². The molecule has 2 N–H and O–H groups in total. The molecule has 8 heteroatoms. The first-order chi connectivity index (χ1) is 11.0. The van der Waals surface area contributed by atoms with Gasteiger partial charge in [0.05, 0.1) is 11.9 Å². The molecule has 0 saturated carbocycles. The van der Waals surface area contributed by atoms with Crippen molar-refractivity contribution in [1.29, 1.82) is 0 Å². The third-order valence-electron chi connectivity index (χ3n) is 3.84. The summed E-state index contributed by atoms with van der Waals surface area (Å²) in [4.78, 5) is 22.3. The molecule has 1 aliphatic heterocycles. The molecule has 3 rings (SSSR count). The van der Waals surface area contributed by atoms with Crippen LogP contribution in [0.1, 0.15) is 42.5 Å². The number of primary amides is 1. The zero-order valence-corrected chi connectivity index (χ0v) is 13.4. The number of aromatic nitrogens is 5. The Morgan fingerprint density at radius 3 is 3.00 bits per heavy atom. The Morgan fingerprint density at radius 2 is 2.26 bits per heavy atom. The molecule has 0 spiro atoms. The fourth-order valence-electron chi connectivity index (χ4n) is 2.68. The van der Waals surface area contributed by atoms with E-state index in [-0.39, 0.29) is 6.54 Å². The topological polar surface area (TPSA) is 103 Å². The van der Waals surface area contributed by atoms with Gasteiger partial charge < -0.3 is 5.73 Å². The van der Waals surface area contributed by atoms with Crippen LogP contribution in [-0.4, -0.2) is 42.3 Å². The summed E-state index contributed by atoms with van der Waals surface area (Å²) < 4.78 is 1.47. The van der Waals surface area contributed by atoms with E-state index in [1.165, 1.54) is 10.2 Å². The van der Waals surface area contributed by atoms with Gasteiger partial charge in [0.15, 0.2) is 0 Å². The third kappa shape index (κ3) is 3.70. The summed E-state index contributed by atoms with van der Waals surface area (Å²) in [7, 11) is 0. The van der Waals surface area contributed by atoms with E-state index in [0.717, 1.165) is 36.7 Å². The van der Waals surface area contributed by atoms with E-state index in [1.54, 1.807) is 6.20 Å². The van der Waals surface area contributed by atoms with E-state index in [0.29, 0.717) is 12.5 Å². The highest BCUT2D eigenvalue weighted by atomic mass is 16.1. The minimum atomic E-state index is -0.425. The van der Waals surface area contributed by atoms with Crippen molar-refractivity contribution in [2.75, 3.05) is 6.54 Å². The average molecular weight is 315 g/mol. The fourth-order valence-corrected chi connectivity index (χ4v) is 2.68. The molecule has 1 amide bonds. The predicted molar refractivity (Wildman–Crippen MR) is 83.2 cm³/mol. The molecule has 0 radical (unpaired) electrons. The maximum absolute atomic E-state index is 10.9. The normalized spacial score (nSPS) is 14.9. The molecule has 8 nitrogen and oxygen atoms in total. The Kier molecular flexibility index (Phi) is 4.33. The summed E-state index contributed by atoms with van der Waals surface area (Å²) in [6.07, 6.45) is 4.61. The molecule has 0 fully saturated rings. The van der Waals surface area contributed by atoms with E-state index in [2.05, 4.69) is 39.0 Å². The third-order valence-corrected chi connectivity index (χ3v) is 3.84. The van der Waals surface area contributed by atoms with Crippen molar-refractivity contribution >= 4 is 5.91 Å². The molecule has 3 heterocycles. The molecule has 0 aliphatic carbocycles. The number of carbonyl (C=O) groups is 1. The molecule has 0 saturated heterocycles. The molecule has 2 aromatic heterocycles. The quantitative estimate of drug-likeness (QED) is 0.847. The Labute approximate surface area is 134 Å². The molecule has 1 aliphatic rings. The van der Waals surface area contributed by atoms with Crippen LogP contribution < -0.4 is 5.73 Å². The smallest absolute Gasteiger partial charge is 0.239 e. The summed E-state index contributed by atoms with van der Waals surface area (Å²) in [5, 5.41) is 8.00. The lowest BCUT2D eigenvalue weighted by Gasteiger charge is -2.27. The summed E-state index contributed by atoms with van der Waals surface area (Å²) >= 11 is 0. The van der Waals surface area contributed by atoms with Gasteiger partial charge in [-0.25, -0.2) is 14.6 Å². The first-order valence-electron chi connectivity index (χ1n) is 7.75. The fraction of sp³-hybridized carbons (Fsp3) is 0.533. The first-order valence-corrected chi connectivity index (χ1v) is 7.75. The zero-order chi connectivity index (χ0) is 16.4. The van der Waals surface area contributed by atoms with Gasteiger partial charge in [0.25, 0.3) is 0 Å². The maximum atomic E-state index is 10.9. The monoisotopic (exact) mass is 315 g/mol. The molecular weight excluding hydrogens is 294 g/mol. The van der Waals surface area contributed by atoms with Crippen LogP contribution in [0.15, 0.2) is 12.4 Å². The van der Waals surface area contributed by atoms with Gasteiger partial charge in [-0.1, -0.05) is 19.1 Å². The van der Waals surface area contributed by atoms with Crippen molar-refractivity contribution in [3.63, 3.8) is 0 Å². The van der Waals surface area contributed by atoms with Crippen LogP contribution in [0.25, 0.3) is 0 Å². The Balaban J connectivity index is 1.65. The zero-order valence-electron chi connectivity index (χ0n) is 13.4. The van der Waals surface area contributed by atoms with Crippen LogP contribution in [0, 0.1) is 0 Å². The Bertz CT molecular complexity index is 710. The van der Waals surface area contributed by atoms with Crippen molar-refractivity contribution in [3.05, 3.63) is 35.2 Å². The summed E-state index contributed by atoms with van der Waals surface area (Å²) in [6.45, 7) is 6.67. The van der Waals surface area contributed by atoms with Crippen molar-refractivity contribution in [2.24, 2.45) is 5.73 Å². The van der Waals surface area contributed by atoms with Crippen molar-refractivity contribution in [2.45, 2.75) is 45.8 Å². The molecule has 0 aromatic carbocycles. The van der Waals surface area contributed by atoms with Gasteiger partial charge in [0.1, 0.15) is 12.4 Å². The summed E-state index contributed by atoms with van der Waals surface area (Å²) in [5.74, 6) is 0.830. The summed E-state index contributed by atoms with van der Waals surface area (Å²) in [6, 6.07) is 0. The second kappa shape index (κ2) is 6.41. The van der Waals surface area contributed by atoms with Crippen LogP contribution in [0.2, 0.25) is 0 Å². The predicted octanol–water partition coefficient (Wildman–Crippen LogP) is 0.235. The van der Waals surface area contributed by atoms with E-state index in [4.69, 9.17) is 5.73 Å². The van der Waals surface area contributed by atoms with Gasteiger partial charge in [-0.15, -0.1) is 5.10 Å². The Morgan fingerprint density at radius 1 is 1.43 bits per heavy atom. The minimum Gasteiger partial charge on any atom is -0.368 e. The number of hydrogen-bond acceptors (Lipinski definition) is 6. The Hall–Kier alpha value is -2.35. The number of fused-ring (bicyclic) bond motifs is 1. The van der Waals surface area contributed by atoms with Crippen molar-refractivity contribution in [1.82, 2.24) is 29.9 Å². The second-order valence-corrected chi connectivity index (χ2v) is 6.19. The van der Waals surface area contributed by atoms with Crippen molar-refractivity contribution in [3.8, 4) is 0 Å². The van der Waals surface area contributed by atoms with Gasteiger partial charge in [-0.05, 0) is 0 Å². The van der Waals surface area contributed by atoms with Crippen LogP contribution in [0.4, 0.5) is 0 Å². The van der Waals surface area contributed by atoms with E-state index < -0.39 is 5.91 Å². The summed E-state index contributed by atoms with van der Waals surface area (Å²) in [5.41, 5.74) is 8.30. The molecule has 122 valence electrons. The van der Waals surface area contributed by atoms with Crippen molar-refractivity contribution < 1.29 is 4.79 Å². The van der Waals surface area contributed by atoms with Gasteiger partial charge >= 0.3 is 0 Å². The molecule has 0 atom stereocenters. The lowest BCUT2D eigenvalue weighted by Crippen LogP contribution is -2.31. The molecular formula is C15H21N7O. The molecule has 0 unspecified atom stereocenters. The highest BCUT2D eigenvalue weighted by Gasteiger charge is 2.20. The van der Waals surface area contributed by atoms with Gasteiger partial charge in [-0.2, -0.15) is 0 Å². The van der Waals surface area contributed by atoms with Crippen LogP contribution in [0.3, 0.4) is 0 Å². The van der Waals surface area contributed by atoms with E-state index >= 15 is 0 Å². The number of amides is 1. The number of nitrogens with zero attached hydrogens (tertiary/aromatic N) is 6.